The lowest BCUT2D eigenvalue weighted by atomic mass is 10.1. The number of nitrogens with zero attached hydrogens (tertiary/aromatic N) is 1. The molecule has 0 aliphatic carbocycles. The van der Waals surface area contributed by atoms with Crippen LogP contribution in [0.2, 0.25) is 0 Å². The van der Waals surface area contributed by atoms with Gasteiger partial charge in [0.15, 0.2) is 5.96 Å². The summed E-state index contributed by atoms with van der Waals surface area (Å²) in [6.45, 7) is 8.16. The molecular formula is C15H26IN3. The van der Waals surface area contributed by atoms with Crippen LogP contribution >= 0.6 is 24.0 Å². The van der Waals surface area contributed by atoms with Gasteiger partial charge in [-0.1, -0.05) is 38.1 Å². The van der Waals surface area contributed by atoms with Gasteiger partial charge in [-0.2, -0.15) is 0 Å². The summed E-state index contributed by atoms with van der Waals surface area (Å²) in [4.78, 5) is 4.30. The average Bonchev–Trinajstić information content (AvgIpc) is 2.31. The molecule has 0 fully saturated rings. The lowest BCUT2D eigenvalue weighted by Crippen LogP contribution is -2.33. The number of aliphatic imine (C=N–C) groups is 1. The second-order valence-electron chi connectivity index (χ2n) is 5.05. The summed E-state index contributed by atoms with van der Waals surface area (Å²) < 4.78 is 0. The molecule has 0 saturated heterocycles. The molecule has 4 heteroatoms. The fourth-order valence-electron chi connectivity index (χ4n) is 1.71. The number of aryl methyl sites for hydroxylation is 1. The van der Waals surface area contributed by atoms with Gasteiger partial charge in [0.1, 0.15) is 0 Å². The van der Waals surface area contributed by atoms with E-state index in [2.05, 4.69) is 55.3 Å². The zero-order chi connectivity index (χ0) is 13.4. The van der Waals surface area contributed by atoms with Crippen molar-refractivity contribution in [3.8, 4) is 0 Å². The molecule has 0 saturated carbocycles. The monoisotopic (exact) mass is 375 g/mol. The molecule has 1 aromatic rings. The van der Waals surface area contributed by atoms with E-state index in [1.54, 1.807) is 0 Å². The molecule has 3 N–H and O–H groups in total. The number of hydrogen-bond acceptors (Lipinski definition) is 1. The van der Waals surface area contributed by atoms with Crippen LogP contribution in [0.15, 0.2) is 29.3 Å². The lowest BCUT2D eigenvalue weighted by Gasteiger charge is -2.08. The standard InChI is InChI=1S/C15H25N3.HI/c1-12(2)8-10-17-15(16)18-11-9-14-7-5-4-6-13(14)3;/h4-7,12H,8-11H2,1-3H3,(H3,16,17,18);1H. The molecule has 3 nitrogen and oxygen atoms in total. The van der Waals surface area contributed by atoms with Gasteiger partial charge in [-0.3, -0.25) is 4.99 Å². The van der Waals surface area contributed by atoms with E-state index < -0.39 is 0 Å². The van der Waals surface area contributed by atoms with Crippen LogP contribution in [0.25, 0.3) is 0 Å². The third-order valence-electron chi connectivity index (χ3n) is 2.95. The summed E-state index contributed by atoms with van der Waals surface area (Å²) in [5, 5.41) is 3.16. The van der Waals surface area contributed by atoms with Gasteiger partial charge in [0.2, 0.25) is 0 Å². The first-order chi connectivity index (χ1) is 8.59. The predicted molar refractivity (Wildman–Crippen MR) is 94.2 cm³/mol. The van der Waals surface area contributed by atoms with Crippen molar-refractivity contribution in [2.24, 2.45) is 16.6 Å². The first-order valence-electron chi connectivity index (χ1n) is 6.68. The van der Waals surface area contributed by atoms with Gasteiger partial charge >= 0.3 is 0 Å². The van der Waals surface area contributed by atoms with Gasteiger partial charge in [-0.15, -0.1) is 24.0 Å². The Hall–Kier alpha value is -0.780. The molecule has 1 aromatic carbocycles. The maximum atomic E-state index is 5.80. The van der Waals surface area contributed by atoms with E-state index in [1.807, 2.05) is 0 Å². The topological polar surface area (TPSA) is 50.4 Å². The minimum absolute atomic E-state index is 0. The summed E-state index contributed by atoms with van der Waals surface area (Å²) in [5.41, 5.74) is 8.49. The summed E-state index contributed by atoms with van der Waals surface area (Å²) >= 11 is 0. The fraction of sp³-hybridized carbons (Fsp3) is 0.533. The maximum Gasteiger partial charge on any atom is 0.188 e. The SMILES string of the molecule is Cc1ccccc1CCNC(N)=NCCC(C)C.I. The molecule has 0 bridgehead atoms. The Morgan fingerprint density at radius 1 is 1.32 bits per heavy atom. The Kier molecular flexibility index (Phi) is 9.65. The largest absolute Gasteiger partial charge is 0.370 e. The molecule has 0 aromatic heterocycles. The van der Waals surface area contributed by atoms with Crippen molar-refractivity contribution in [1.82, 2.24) is 5.32 Å². The average molecular weight is 375 g/mol. The minimum atomic E-state index is 0. The Bertz CT molecular complexity index is 389. The van der Waals surface area contributed by atoms with Crippen LogP contribution in [0.1, 0.15) is 31.4 Å². The molecule has 0 unspecified atom stereocenters. The number of nitrogens with one attached hydrogen (secondary N) is 1. The highest BCUT2D eigenvalue weighted by Crippen LogP contribution is 2.06. The third-order valence-corrected chi connectivity index (χ3v) is 2.95. The van der Waals surface area contributed by atoms with Gasteiger partial charge in [-0.05, 0) is 36.8 Å². The van der Waals surface area contributed by atoms with E-state index in [0.29, 0.717) is 11.9 Å². The number of guanidine groups is 1. The number of rotatable bonds is 6. The Morgan fingerprint density at radius 2 is 2.00 bits per heavy atom. The van der Waals surface area contributed by atoms with Crippen LogP contribution in [0.3, 0.4) is 0 Å². The first kappa shape index (κ1) is 18.2. The number of benzene rings is 1. The molecule has 0 radical (unpaired) electrons. The molecule has 0 heterocycles. The zero-order valence-corrected chi connectivity index (χ0v) is 14.5. The van der Waals surface area contributed by atoms with Crippen LogP contribution in [0.5, 0.6) is 0 Å². The normalized spacial score (nSPS) is 11.3. The van der Waals surface area contributed by atoms with Gasteiger partial charge in [-0.25, -0.2) is 0 Å². The van der Waals surface area contributed by atoms with E-state index in [0.717, 1.165) is 25.9 Å². The lowest BCUT2D eigenvalue weighted by molar-refractivity contribution is 0.595. The van der Waals surface area contributed by atoms with Crippen LogP contribution in [0, 0.1) is 12.8 Å². The minimum Gasteiger partial charge on any atom is -0.370 e. The van der Waals surface area contributed by atoms with Crippen LogP contribution in [0.4, 0.5) is 0 Å². The van der Waals surface area contributed by atoms with Crippen molar-refractivity contribution in [2.75, 3.05) is 13.1 Å². The molecule has 0 atom stereocenters. The zero-order valence-electron chi connectivity index (χ0n) is 12.1. The molecular weight excluding hydrogens is 349 g/mol. The van der Waals surface area contributed by atoms with E-state index in [1.165, 1.54) is 11.1 Å². The van der Waals surface area contributed by atoms with E-state index >= 15 is 0 Å². The predicted octanol–water partition coefficient (Wildman–Crippen LogP) is 3.11. The van der Waals surface area contributed by atoms with Crippen molar-refractivity contribution in [3.63, 3.8) is 0 Å². The molecule has 19 heavy (non-hydrogen) atoms. The highest BCUT2D eigenvalue weighted by molar-refractivity contribution is 14.0. The number of halogens is 1. The fourth-order valence-corrected chi connectivity index (χ4v) is 1.71. The maximum absolute atomic E-state index is 5.80. The summed E-state index contributed by atoms with van der Waals surface area (Å²) in [5.74, 6) is 1.23. The number of nitrogens with two attached hydrogens (primary N) is 1. The van der Waals surface area contributed by atoms with Crippen molar-refractivity contribution < 1.29 is 0 Å². The molecule has 0 aliphatic heterocycles. The molecule has 0 spiro atoms. The molecule has 1 rings (SSSR count). The second kappa shape index (κ2) is 10.1. The Morgan fingerprint density at radius 3 is 2.63 bits per heavy atom. The van der Waals surface area contributed by atoms with E-state index in [4.69, 9.17) is 5.73 Å². The van der Waals surface area contributed by atoms with Crippen molar-refractivity contribution in [1.29, 1.82) is 0 Å². The first-order valence-corrected chi connectivity index (χ1v) is 6.68. The highest BCUT2D eigenvalue weighted by atomic mass is 127. The summed E-state index contributed by atoms with van der Waals surface area (Å²) in [6.07, 6.45) is 2.06. The van der Waals surface area contributed by atoms with Crippen LogP contribution in [-0.2, 0) is 6.42 Å². The summed E-state index contributed by atoms with van der Waals surface area (Å²) in [7, 11) is 0. The van der Waals surface area contributed by atoms with E-state index in [-0.39, 0.29) is 24.0 Å². The highest BCUT2D eigenvalue weighted by Gasteiger charge is 1.98. The molecule has 0 aliphatic rings. The Labute approximate surface area is 134 Å². The third kappa shape index (κ3) is 8.08. The molecule has 0 amide bonds. The van der Waals surface area contributed by atoms with Crippen LogP contribution < -0.4 is 11.1 Å². The van der Waals surface area contributed by atoms with Gasteiger partial charge in [0.05, 0.1) is 0 Å². The van der Waals surface area contributed by atoms with Crippen LogP contribution in [-0.4, -0.2) is 19.0 Å². The number of hydrogen-bond donors (Lipinski definition) is 2. The molecule has 108 valence electrons. The van der Waals surface area contributed by atoms with Crippen molar-refractivity contribution in [2.45, 2.75) is 33.6 Å². The summed E-state index contributed by atoms with van der Waals surface area (Å²) in [6, 6.07) is 8.43. The Balaban J connectivity index is 0.00000324. The second-order valence-corrected chi connectivity index (χ2v) is 5.05. The van der Waals surface area contributed by atoms with Gasteiger partial charge in [0.25, 0.3) is 0 Å². The smallest absolute Gasteiger partial charge is 0.188 e. The van der Waals surface area contributed by atoms with Gasteiger partial charge in [0, 0.05) is 13.1 Å². The van der Waals surface area contributed by atoms with E-state index in [9.17, 15) is 0 Å². The quantitative estimate of drug-likeness (QED) is 0.456. The van der Waals surface area contributed by atoms with Crippen molar-refractivity contribution >= 4 is 29.9 Å². The van der Waals surface area contributed by atoms with Crippen molar-refractivity contribution in [3.05, 3.63) is 35.4 Å². The van der Waals surface area contributed by atoms with Gasteiger partial charge < -0.3 is 11.1 Å².